The molecule has 0 aliphatic carbocycles. The Morgan fingerprint density at radius 2 is 1.85 bits per heavy atom. The Morgan fingerprint density at radius 3 is 2.44 bits per heavy atom. The van der Waals surface area contributed by atoms with Crippen LogP contribution < -0.4 is 0 Å². The molecule has 27 heavy (non-hydrogen) atoms. The molecule has 0 N–H and O–H groups in total. The zero-order valence-electron chi connectivity index (χ0n) is 17.4. The first kappa shape index (κ1) is 19.5. The summed E-state index contributed by atoms with van der Waals surface area (Å²) in [5.74, 6) is 1.42. The molecule has 6 nitrogen and oxygen atoms in total. The van der Waals surface area contributed by atoms with Crippen LogP contribution in [-0.4, -0.2) is 43.6 Å². The van der Waals surface area contributed by atoms with Crippen molar-refractivity contribution in [2.45, 2.75) is 66.3 Å². The van der Waals surface area contributed by atoms with Crippen molar-refractivity contribution in [2.75, 3.05) is 13.1 Å². The van der Waals surface area contributed by atoms with Crippen LogP contribution in [0.4, 0.5) is 0 Å². The van der Waals surface area contributed by atoms with Gasteiger partial charge < -0.3 is 4.90 Å². The maximum Gasteiger partial charge on any atom is 0.227 e. The summed E-state index contributed by atoms with van der Waals surface area (Å²) in [5, 5.41) is 4.43. The molecule has 1 fully saturated rings. The SMILES string of the molecule is Cc1cc(-c2ccnn2C(C)C)nc(C2CCN(C(=O)C(C)(C)C)CC2)n1. The monoisotopic (exact) mass is 369 g/mol. The highest BCUT2D eigenvalue weighted by atomic mass is 16.2. The smallest absolute Gasteiger partial charge is 0.227 e. The summed E-state index contributed by atoms with van der Waals surface area (Å²) in [7, 11) is 0. The van der Waals surface area contributed by atoms with Crippen LogP contribution in [0.5, 0.6) is 0 Å². The van der Waals surface area contributed by atoms with E-state index in [0.29, 0.717) is 5.92 Å². The number of hydrogen-bond acceptors (Lipinski definition) is 4. The molecular formula is C21H31N5O. The average Bonchev–Trinajstić information content (AvgIpc) is 3.10. The Morgan fingerprint density at radius 1 is 1.19 bits per heavy atom. The molecule has 1 aliphatic rings. The van der Waals surface area contributed by atoms with E-state index in [1.165, 1.54) is 0 Å². The molecule has 0 radical (unpaired) electrons. The van der Waals surface area contributed by atoms with Gasteiger partial charge in [0.05, 0.1) is 11.4 Å². The van der Waals surface area contributed by atoms with Crippen molar-refractivity contribution in [3.63, 3.8) is 0 Å². The maximum atomic E-state index is 12.5. The highest BCUT2D eigenvalue weighted by Crippen LogP contribution is 2.30. The molecule has 1 amide bonds. The summed E-state index contributed by atoms with van der Waals surface area (Å²) in [6.45, 7) is 13.7. The number of piperidine rings is 1. The number of likely N-dealkylation sites (tertiary alicyclic amines) is 1. The minimum atomic E-state index is -0.324. The van der Waals surface area contributed by atoms with Gasteiger partial charge in [-0.1, -0.05) is 20.8 Å². The highest BCUT2D eigenvalue weighted by Gasteiger charge is 2.31. The zero-order chi connectivity index (χ0) is 19.8. The first-order valence-electron chi connectivity index (χ1n) is 9.85. The van der Waals surface area contributed by atoms with Gasteiger partial charge in [-0.2, -0.15) is 5.10 Å². The highest BCUT2D eigenvalue weighted by molar-refractivity contribution is 5.81. The van der Waals surface area contributed by atoms with Gasteiger partial charge in [0.1, 0.15) is 5.82 Å². The van der Waals surface area contributed by atoms with Gasteiger partial charge in [0.15, 0.2) is 0 Å². The van der Waals surface area contributed by atoms with Gasteiger partial charge in [-0.15, -0.1) is 0 Å². The van der Waals surface area contributed by atoms with Crippen LogP contribution in [0, 0.1) is 12.3 Å². The lowest BCUT2D eigenvalue weighted by Gasteiger charge is -2.35. The van der Waals surface area contributed by atoms with Gasteiger partial charge >= 0.3 is 0 Å². The minimum Gasteiger partial charge on any atom is -0.342 e. The predicted molar refractivity (Wildman–Crippen MR) is 106 cm³/mol. The quantitative estimate of drug-likeness (QED) is 0.821. The van der Waals surface area contributed by atoms with Crippen molar-refractivity contribution in [3.05, 3.63) is 29.8 Å². The maximum absolute atomic E-state index is 12.5. The molecule has 1 aliphatic heterocycles. The van der Waals surface area contributed by atoms with Gasteiger partial charge in [0, 0.05) is 42.4 Å². The van der Waals surface area contributed by atoms with Crippen LogP contribution in [0.1, 0.15) is 70.9 Å². The molecule has 0 aromatic carbocycles. The van der Waals surface area contributed by atoms with E-state index in [-0.39, 0.29) is 17.4 Å². The van der Waals surface area contributed by atoms with E-state index in [9.17, 15) is 4.79 Å². The van der Waals surface area contributed by atoms with Crippen molar-refractivity contribution < 1.29 is 4.79 Å². The molecule has 0 bridgehead atoms. The molecule has 6 heteroatoms. The number of carbonyl (C=O) groups excluding carboxylic acids is 1. The Hall–Kier alpha value is -2.24. The van der Waals surface area contributed by atoms with E-state index in [0.717, 1.165) is 48.8 Å². The Balaban J connectivity index is 1.80. The number of hydrogen-bond donors (Lipinski definition) is 0. The lowest BCUT2D eigenvalue weighted by atomic mass is 9.90. The van der Waals surface area contributed by atoms with Crippen molar-refractivity contribution >= 4 is 5.91 Å². The summed E-state index contributed by atoms with van der Waals surface area (Å²) in [5.41, 5.74) is 2.60. The molecule has 0 spiro atoms. The standard InChI is InChI=1S/C21H31N5O/c1-14(2)26-18(7-10-22-26)17-13-15(3)23-19(24-17)16-8-11-25(12-9-16)20(27)21(4,5)6/h7,10,13-14,16H,8-9,11-12H2,1-6H3. The molecule has 3 heterocycles. The summed E-state index contributed by atoms with van der Waals surface area (Å²) in [6, 6.07) is 4.31. The molecule has 3 rings (SSSR count). The number of carbonyl (C=O) groups is 1. The summed E-state index contributed by atoms with van der Waals surface area (Å²) < 4.78 is 2.00. The van der Waals surface area contributed by atoms with Gasteiger partial charge in [-0.05, 0) is 45.7 Å². The van der Waals surface area contributed by atoms with E-state index in [1.807, 2.05) is 55.6 Å². The first-order valence-corrected chi connectivity index (χ1v) is 9.85. The van der Waals surface area contributed by atoms with Crippen LogP contribution in [-0.2, 0) is 4.79 Å². The minimum absolute atomic E-state index is 0.229. The number of nitrogens with zero attached hydrogens (tertiary/aromatic N) is 5. The third-order valence-electron chi connectivity index (χ3n) is 5.08. The number of rotatable bonds is 3. The molecule has 0 saturated carbocycles. The van der Waals surface area contributed by atoms with E-state index in [2.05, 4.69) is 18.9 Å². The lowest BCUT2D eigenvalue weighted by Crippen LogP contribution is -2.43. The molecule has 0 atom stereocenters. The fourth-order valence-electron chi connectivity index (χ4n) is 3.65. The third kappa shape index (κ3) is 4.20. The second-order valence-electron chi connectivity index (χ2n) is 8.82. The van der Waals surface area contributed by atoms with Crippen LogP contribution in [0.2, 0.25) is 0 Å². The molecule has 1 saturated heterocycles. The predicted octanol–water partition coefficient (Wildman–Crippen LogP) is 3.98. The van der Waals surface area contributed by atoms with E-state index in [4.69, 9.17) is 9.97 Å². The van der Waals surface area contributed by atoms with Gasteiger partial charge in [0.25, 0.3) is 0 Å². The molecule has 2 aromatic rings. The van der Waals surface area contributed by atoms with Crippen LogP contribution in [0.15, 0.2) is 18.3 Å². The van der Waals surface area contributed by atoms with Crippen molar-refractivity contribution in [1.29, 1.82) is 0 Å². The van der Waals surface area contributed by atoms with Gasteiger partial charge in [-0.3, -0.25) is 9.48 Å². The fraction of sp³-hybridized carbons (Fsp3) is 0.619. The summed E-state index contributed by atoms with van der Waals surface area (Å²) >= 11 is 0. The Labute approximate surface area is 162 Å². The zero-order valence-corrected chi connectivity index (χ0v) is 17.4. The average molecular weight is 370 g/mol. The van der Waals surface area contributed by atoms with Gasteiger partial charge in [-0.25, -0.2) is 9.97 Å². The number of aryl methyl sites for hydroxylation is 1. The molecular weight excluding hydrogens is 338 g/mol. The first-order chi connectivity index (χ1) is 12.7. The Kier molecular flexibility index (Phi) is 5.36. The third-order valence-corrected chi connectivity index (χ3v) is 5.08. The Bertz CT molecular complexity index is 810. The van der Waals surface area contributed by atoms with Crippen LogP contribution >= 0.6 is 0 Å². The second-order valence-corrected chi connectivity index (χ2v) is 8.82. The van der Waals surface area contributed by atoms with Crippen molar-refractivity contribution in [1.82, 2.24) is 24.6 Å². The largest absolute Gasteiger partial charge is 0.342 e. The van der Waals surface area contributed by atoms with E-state index < -0.39 is 0 Å². The van der Waals surface area contributed by atoms with Gasteiger partial charge in [0.2, 0.25) is 5.91 Å². The molecule has 146 valence electrons. The van der Waals surface area contributed by atoms with E-state index in [1.54, 1.807) is 0 Å². The van der Waals surface area contributed by atoms with Crippen molar-refractivity contribution in [2.24, 2.45) is 5.41 Å². The molecule has 0 unspecified atom stereocenters. The summed E-state index contributed by atoms with van der Waals surface area (Å²) in [4.78, 5) is 24.1. The fourth-order valence-corrected chi connectivity index (χ4v) is 3.65. The normalized spacial score (nSPS) is 16.2. The van der Waals surface area contributed by atoms with Crippen LogP contribution in [0.25, 0.3) is 11.4 Å². The van der Waals surface area contributed by atoms with Crippen LogP contribution in [0.3, 0.4) is 0 Å². The summed E-state index contributed by atoms with van der Waals surface area (Å²) in [6.07, 6.45) is 3.64. The lowest BCUT2D eigenvalue weighted by molar-refractivity contribution is -0.140. The topological polar surface area (TPSA) is 63.9 Å². The number of amides is 1. The van der Waals surface area contributed by atoms with E-state index >= 15 is 0 Å². The molecule has 2 aromatic heterocycles. The second kappa shape index (κ2) is 7.41. The number of aromatic nitrogens is 4. The van der Waals surface area contributed by atoms with Crippen molar-refractivity contribution in [3.8, 4) is 11.4 Å².